The topological polar surface area (TPSA) is 101 Å². The van der Waals surface area contributed by atoms with Crippen molar-refractivity contribution in [2.24, 2.45) is 0 Å². The summed E-state index contributed by atoms with van der Waals surface area (Å²) in [6, 6.07) is 11.3. The lowest BCUT2D eigenvalue weighted by Crippen LogP contribution is -2.62. The van der Waals surface area contributed by atoms with Crippen LogP contribution in [0.1, 0.15) is 58.9 Å². The minimum Gasteiger partial charge on any atom is -0.467 e. The molecule has 2 amide bonds. The van der Waals surface area contributed by atoms with Gasteiger partial charge in [-0.05, 0) is 51.1 Å². The molecule has 0 aliphatic carbocycles. The number of nitrogens with one attached hydrogen (secondary N) is 1. The van der Waals surface area contributed by atoms with E-state index in [1.165, 1.54) is 6.20 Å². The minimum atomic E-state index is -0.603. The van der Waals surface area contributed by atoms with E-state index in [0.717, 1.165) is 37.2 Å². The van der Waals surface area contributed by atoms with Crippen LogP contribution >= 0.6 is 0 Å². The van der Waals surface area contributed by atoms with Crippen molar-refractivity contribution in [3.63, 3.8) is 0 Å². The summed E-state index contributed by atoms with van der Waals surface area (Å²) in [7, 11) is 1.83. The number of carbonyl (C=O) groups excluding carboxylic acids is 2. The fraction of sp³-hybridized carbons (Fsp3) is 0.407. The van der Waals surface area contributed by atoms with E-state index in [-0.39, 0.29) is 18.4 Å². The molecule has 188 valence electrons. The maximum absolute atomic E-state index is 13.4. The van der Waals surface area contributed by atoms with E-state index in [0.29, 0.717) is 34.4 Å². The van der Waals surface area contributed by atoms with Crippen LogP contribution in [0.15, 0.2) is 47.1 Å². The highest BCUT2D eigenvalue weighted by Gasteiger charge is 2.47. The summed E-state index contributed by atoms with van der Waals surface area (Å²) in [5.74, 6) is 0.893. The van der Waals surface area contributed by atoms with Crippen LogP contribution in [0.4, 0.5) is 0 Å². The standard InChI is InChI=1S/C27H31N5O4/c1-17(2)32-11-9-27(10-12-32)31(4)26(34)22-14-19(6-8-24(22)35-27)23-7-5-20(15-28-23)25(33)29-16-21-13-18(3)30-36-21/h5-8,13-15,17H,9-12,16H2,1-4H3,(H,29,33). The summed E-state index contributed by atoms with van der Waals surface area (Å²) in [6.45, 7) is 8.24. The van der Waals surface area contributed by atoms with E-state index >= 15 is 0 Å². The molecule has 0 atom stereocenters. The van der Waals surface area contributed by atoms with Gasteiger partial charge in [0, 0.05) is 56.8 Å². The second kappa shape index (κ2) is 9.39. The molecule has 2 aromatic heterocycles. The Hall–Kier alpha value is -3.72. The van der Waals surface area contributed by atoms with Crippen molar-refractivity contribution in [1.29, 1.82) is 0 Å². The number of aromatic nitrogens is 2. The molecule has 0 unspecified atom stereocenters. The van der Waals surface area contributed by atoms with Gasteiger partial charge >= 0.3 is 0 Å². The summed E-state index contributed by atoms with van der Waals surface area (Å²) in [5.41, 5.74) is 2.57. The van der Waals surface area contributed by atoms with Gasteiger partial charge in [0.2, 0.25) is 0 Å². The lowest BCUT2D eigenvalue weighted by Gasteiger charge is -2.50. The third-order valence-corrected chi connectivity index (χ3v) is 7.16. The number of rotatable bonds is 5. The number of hydrogen-bond acceptors (Lipinski definition) is 7. The van der Waals surface area contributed by atoms with Crippen molar-refractivity contribution in [3.8, 4) is 17.0 Å². The number of hydrogen-bond donors (Lipinski definition) is 1. The fourth-order valence-corrected chi connectivity index (χ4v) is 4.88. The third-order valence-electron chi connectivity index (χ3n) is 7.16. The Morgan fingerprint density at radius 2 is 1.94 bits per heavy atom. The van der Waals surface area contributed by atoms with Crippen molar-refractivity contribution in [2.75, 3.05) is 20.1 Å². The molecule has 1 fully saturated rings. The zero-order chi connectivity index (χ0) is 25.4. The number of benzene rings is 1. The molecule has 4 heterocycles. The molecule has 2 aliphatic rings. The van der Waals surface area contributed by atoms with Crippen LogP contribution in [-0.2, 0) is 6.54 Å². The van der Waals surface area contributed by atoms with Gasteiger partial charge in [0.15, 0.2) is 11.5 Å². The number of likely N-dealkylation sites (tertiary alicyclic amines) is 1. The lowest BCUT2D eigenvalue weighted by molar-refractivity contribution is -0.104. The van der Waals surface area contributed by atoms with E-state index in [4.69, 9.17) is 9.26 Å². The zero-order valence-electron chi connectivity index (χ0n) is 21.1. The van der Waals surface area contributed by atoms with Crippen LogP contribution in [0.3, 0.4) is 0 Å². The van der Waals surface area contributed by atoms with Gasteiger partial charge in [-0.1, -0.05) is 5.16 Å². The van der Waals surface area contributed by atoms with Gasteiger partial charge in [-0.15, -0.1) is 0 Å². The number of piperidine rings is 1. The van der Waals surface area contributed by atoms with E-state index in [1.54, 1.807) is 23.1 Å². The second-order valence-electron chi connectivity index (χ2n) is 9.80. The van der Waals surface area contributed by atoms with Gasteiger partial charge in [0.25, 0.3) is 11.8 Å². The van der Waals surface area contributed by atoms with Gasteiger partial charge in [0.1, 0.15) is 5.75 Å². The molecule has 1 aromatic carbocycles. The fourth-order valence-electron chi connectivity index (χ4n) is 4.88. The third kappa shape index (κ3) is 4.46. The van der Waals surface area contributed by atoms with Crippen molar-refractivity contribution >= 4 is 11.8 Å². The first-order valence-corrected chi connectivity index (χ1v) is 12.3. The first-order valence-electron chi connectivity index (χ1n) is 12.3. The molecule has 0 saturated carbocycles. The predicted molar refractivity (Wildman–Crippen MR) is 133 cm³/mol. The summed E-state index contributed by atoms with van der Waals surface area (Å²) >= 11 is 0. The molecule has 9 nitrogen and oxygen atoms in total. The molecule has 0 radical (unpaired) electrons. The quantitative estimate of drug-likeness (QED) is 0.584. The Labute approximate surface area is 210 Å². The first kappa shape index (κ1) is 24.0. The molecule has 0 bridgehead atoms. The molecule has 3 aromatic rings. The Morgan fingerprint density at radius 1 is 1.17 bits per heavy atom. The summed E-state index contributed by atoms with van der Waals surface area (Å²) in [6.07, 6.45) is 3.07. The maximum atomic E-state index is 13.4. The number of aryl methyl sites for hydroxylation is 1. The van der Waals surface area contributed by atoms with Crippen LogP contribution in [0.25, 0.3) is 11.3 Å². The Bertz CT molecular complexity index is 1280. The van der Waals surface area contributed by atoms with Gasteiger partial charge in [-0.2, -0.15) is 0 Å². The number of fused-ring (bicyclic) bond motifs is 1. The average molecular weight is 490 g/mol. The van der Waals surface area contributed by atoms with Crippen molar-refractivity contribution in [1.82, 2.24) is 25.3 Å². The Kier molecular flexibility index (Phi) is 6.26. The summed E-state index contributed by atoms with van der Waals surface area (Å²) in [5, 5.41) is 6.60. The Morgan fingerprint density at radius 3 is 2.58 bits per heavy atom. The highest BCUT2D eigenvalue weighted by molar-refractivity contribution is 5.99. The van der Waals surface area contributed by atoms with E-state index in [2.05, 4.69) is 34.2 Å². The highest BCUT2D eigenvalue weighted by atomic mass is 16.5. The van der Waals surface area contributed by atoms with Crippen LogP contribution in [0.2, 0.25) is 0 Å². The molecular weight excluding hydrogens is 458 g/mol. The van der Waals surface area contributed by atoms with Crippen molar-refractivity contribution < 1.29 is 18.8 Å². The van der Waals surface area contributed by atoms with Gasteiger partial charge in [-0.25, -0.2) is 0 Å². The molecule has 36 heavy (non-hydrogen) atoms. The normalized spacial score (nSPS) is 17.2. The number of nitrogens with zero attached hydrogens (tertiary/aromatic N) is 4. The van der Waals surface area contributed by atoms with E-state index in [9.17, 15) is 9.59 Å². The summed E-state index contributed by atoms with van der Waals surface area (Å²) in [4.78, 5) is 34.5. The number of carbonyl (C=O) groups is 2. The Balaban J connectivity index is 1.30. The molecule has 1 spiro atoms. The number of ether oxygens (including phenoxy) is 1. The van der Waals surface area contributed by atoms with Crippen LogP contribution in [-0.4, -0.2) is 63.7 Å². The maximum Gasteiger partial charge on any atom is 0.260 e. The molecule has 2 aliphatic heterocycles. The lowest BCUT2D eigenvalue weighted by atomic mass is 9.93. The monoisotopic (exact) mass is 489 g/mol. The van der Waals surface area contributed by atoms with Crippen LogP contribution in [0.5, 0.6) is 5.75 Å². The average Bonchev–Trinajstić information content (AvgIpc) is 3.31. The number of amides is 2. The summed E-state index contributed by atoms with van der Waals surface area (Å²) < 4.78 is 11.6. The molecule has 9 heteroatoms. The smallest absolute Gasteiger partial charge is 0.260 e. The SMILES string of the molecule is Cc1cc(CNC(=O)c2ccc(-c3ccc4c(c3)C(=O)N(C)C3(CCN(C(C)C)CC3)O4)nc2)on1. The van der Waals surface area contributed by atoms with E-state index in [1.807, 2.05) is 32.2 Å². The zero-order valence-corrected chi connectivity index (χ0v) is 21.1. The second-order valence-corrected chi connectivity index (χ2v) is 9.80. The van der Waals surface area contributed by atoms with Crippen molar-refractivity contribution in [2.45, 2.75) is 51.9 Å². The van der Waals surface area contributed by atoms with E-state index < -0.39 is 5.72 Å². The number of pyridine rings is 1. The molecule has 5 rings (SSSR count). The van der Waals surface area contributed by atoms with Gasteiger partial charge in [0.05, 0.1) is 29.1 Å². The highest BCUT2D eigenvalue weighted by Crippen LogP contribution is 2.40. The molecule has 1 N–H and O–H groups in total. The van der Waals surface area contributed by atoms with Crippen LogP contribution in [0, 0.1) is 6.92 Å². The molecular formula is C27H31N5O4. The largest absolute Gasteiger partial charge is 0.467 e. The predicted octanol–water partition coefficient (Wildman–Crippen LogP) is 3.64. The first-order chi connectivity index (χ1) is 17.3. The molecule has 1 saturated heterocycles. The van der Waals surface area contributed by atoms with Crippen LogP contribution < -0.4 is 10.1 Å². The van der Waals surface area contributed by atoms with Gasteiger partial charge in [-0.3, -0.25) is 14.6 Å². The van der Waals surface area contributed by atoms with Crippen molar-refractivity contribution in [3.05, 3.63) is 65.2 Å². The van der Waals surface area contributed by atoms with Gasteiger partial charge < -0.3 is 24.4 Å². The minimum absolute atomic E-state index is 0.0465.